The summed E-state index contributed by atoms with van der Waals surface area (Å²) in [7, 11) is 0. The predicted molar refractivity (Wildman–Crippen MR) is 113 cm³/mol. The molecule has 176 valence electrons. The van der Waals surface area contributed by atoms with Gasteiger partial charge in [0.15, 0.2) is 11.4 Å². The second-order valence-corrected chi connectivity index (χ2v) is 8.50. The van der Waals surface area contributed by atoms with E-state index in [1.807, 2.05) is 0 Å². The molecule has 1 saturated heterocycles. The van der Waals surface area contributed by atoms with Gasteiger partial charge < -0.3 is 10.0 Å². The first-order chi connectivity index (χ1) is 16.2. The van der Waals surface area contributed by atoms with Gasteiger partial charge >= 0.3 is 6.18 Å². The van der Waals surface area contributed by atoms with Crippen molar-refractivity contribution < 1.29 is 27.5 Å². The summed E-state index contributed by atoms with van der Waals surface area (Å²) in [4.78, 5) is 26.7. The number of alkyl halides is 3. The summed E-state index contributed by atoms with van der Waals surface area (Å²) in [5, 5.41) is 14.6. The third-order valence-corrected chi connectivity index (χ3v) is 6.59. The third-order valence-electron chi connectivity index (χ3n) is 6.59. The molecule has 5 rings (SSSR count). The number of hydrogen-bond acceptors (Lipinski definition) is 4. The summed E-state index contributed by atoms with van der Waals surface area (Å²) >= 11 is 0. The monoisotopic (exact) mass is 473 g/mol. The lowest BCUT2D eigenvalue weighted by Crippen LogP contribution is -2.50. The number of fused-ring (bicyclic) bond motifs is 2. The molecule has 0 spiro atoms. The van der Waals surface area contributed by atoms with Crippen LogP contribution in [0.15, 0.2) is 59.5 Å². The second-order valence-electron chi connectivity index (χ2n) is 8.50. The molecule has 0 radical (unpaired) electrons. The van der Waals surface area contributed by atoms with Crippen LogP contribution in [0.3, 0.4) is 0 Å². The van der Waals surface area contributed by atoms with Gasteiger partial charge in [-0.1, -0.05) is 24.3 Å². The minimum Gasteiger partial charge on any atom is -0.502 e. The molecule has 34 heavy (non-hydrogen) atoms. The van der Waals surface area contributed by atoms with Crippen LogP contribution >= 0.6 is 0 Å². The van der Waals surface area contributed by atoms with Crippen molar-refractivity contribution >= 4 is 5.91 Å². The van der Waals surface area contributed by atoms with Crippen LogP contribution in [-0.2, 0) is 6.18 Å². The van der Waals surface area contributed by atoms with Gasteiger partial charge in [-0.2, -0.15) is 18.3 Å². The Morgan fingerprint density at radius 2 is 1.62 bits per heavy atom. The van der Waals surface area contributed by atoms with Crippen molar-refractivity contribution in [2.24, 2.45) is 0 Å². The summed E-state index contributed by atoms with van der Waals surface area (Å²) in [6.07, 6.45) is -2.32. The maximum Gasteiger partial charge on any atom is 0.416 e. The molecule has 0 bridgehead atoms. The minimum absolute atomic E-state index is 0.255. The van der Waals surface area contributed by atoms with Crippen LogP contribution in [0.25, 0.3) is 0 Å². The summed E-state index contributed by atoms with van der Waals surface area (Å²) < 4.78 is 54.6. The number of aromatic nitrogens is 2. The first kappa shape index (κ1) is 22.1. The number of nitrogens with zero attached hydrogens (tertiary/aromatic N) is 3. The number of benzene rings is 2. The molecule has 10 heteroatoms. The van der Waals surface area contributed by atoms with Crippen LogP contribution < -0.4 is 5.43 Å². The van der Waals surface area contributed by atoms with Crippen molar-refractivity contribution in [2.75, 3.05) is 6.54 Å². The highest BCUT2D eigenvalue weighted by Crippen LogP contribution is 2.46. The molecule has 2 aromatic carbocycles. The van der Waals surface area contributed by atoms with Crippen LogP contribution in [0.5, 0.6) is 5.75 Å². The number of carbonyl (C=O) groups is 1. The molecule has 1 N–H and O–H groups in total. The van der Waals surface area contributed by atoms with Crippen molar-refractivity contribution in [3.05, 3.63) is 93.2 Å². The highest BCUT2D eigenvalue weighted by atomic mass is 19.4. The van der Waals surface area contributed by atoms with E-state index in [-0.39, 0.29) is 11.7 Å². The van der Waals surface area contributed by atoms with E-state index in [1.165, 1.54) is 41.1 Å². The molecule has 0 saturated carbocycles. The smallest absolute Gasteiger partial charge is 0.416 e. The molecule has 0 unspecified atom stereocenters. The molecular weight excluding hydrogens is 454 g/mol. The van der Waals surface area contributed by atoms with Gasteiger partial charge in [-0.05, 0) is 48.2 Å². The Balaban J connectivity index is 1.73. The van der Waals surface area contributed by atoms with Crippen molar-refractivity contribution in [3.8, 4) is 5.75 Å². The Morgan fingerprint density at radius 1 is 1.00 bits per heavy atom. The fourth-order valence-electron chi connectivity index (χ4n) is 5.08. The number of carbonyl (C=O) groups excluding carboxylic acids is 1. The summed E-state index contributed by atoms with van der Waals surface area (Å²) in [6, 6.07) is 9.21. The topological polar surface area (TPSA) is 75.4 Å². The fourth-order valence-corrected chi connectivity index (χ4v) is 5.08. The lowest BCUT2D eigenvalue weighted by atomic mass is 9.79. The number of amides is 1. The van der Waals surface area contributed by atoms with Gasteiger partial charge in [-0.15, -0.1) is 0 Å². The van der Waals surface area contributed by atoms with Crippen molar-refractivity contribution in [3.63, 3.8) is 0 Å². The average molecular weight is 473 g/mol. The highest BCUT2D eigenvalue weighted by Gasteiger charge is 2.48. The van der Waals surface area contributed by atoms with Crippen molar-refractivity contribution in [1.82, 2.24) is 14.7 Å². The average Bonchev–Trinajstić information content (AvgIpc) is 3.29. The molecule has 0 aliphatic carbocycles. The maximum absolute atomic E-state index is 13.7. The molecule has 2 aliphatic rings. The molecule has 1 aromatic heterocycles. The fraction of sp³-hybridized carbons (Fsp3) is 0.292. The molecule has 6 nitrogen and oxygen atoms in total. The normalized spacial score (nSPS) is 20.7. The van der Waals surface area contributed by atoms with E-state index >= 15 is 0 Å². The summed E-state index contributed by atoms with van der Waals surface area (Å²) in [5.41, 5.74) is -0.774. The van der Waals surface area contributed by atoms with Gasteiger partial charge in [0.05, 0.1) is 23.8 Å². The molecular formula is C24H19F4N3O3. The van der Waals surface area contributed by atoms with Crippen LogP contribution in [0, 0.1) is 5.82 Å². The standard InChI is InChI=1S/C24H19F4N3O3/c25-16-9-5-14(6-10-16)19(13-3-7-15(8-4-13)24(26,27)28)20-17-2-1-11-30(17)23(34)21-22(33)18(32)12-29-31(20)21/h3-10,12,17,19-20,33H,1-2,11H2/t17-,19+,20-/m1/s1. The Morgan fingerprint density at radius 3 is 2.24 bits per heavy atom. The number of halogens is 4. The zero-order valence-electron chi connectivity index (χ0n) is 17.7. The third kappa shape index (κ3) is 3.53. The zero-order chi connectivity index (χ0) is 24.2. The number of hydrogen-bond donors (Lipinski definition) is 1. The van der Waals surface area contributed by atoms with Crippen LogP contribution in [0.4, 0.5) is 17.6 Å². The maximum atomic E-state index is 13.7. The van der Waals surface area contributed by atoms with E-state index in [9.17, 15) is 32.3 Å². The van der Waals surface area contributed by atoms with Crippen molar-refractivity contribution in [1.29, 1.82) is 0 Å². The van der Waals surface area contributed by atoms with E-state index < -0.39 is 46.6 Å². The molecule has 3 heterocycles. The molecule has 1 fully saturated rings. The molecule has 1 amide bonds. The van der Waals surface area contributed by atoms with Gasteiger partial charge in [0.25, 0.3) is 5.91 Å². The Hall–Kier alpha value is -3.69. The second kappa shape index (κ2) is 7.96. The van der Waals surface area contributed by atoms with E-state index in [4.69, 9.17) is 0 Å². The lowest BCUT2D eigenvalue weighted by molar-refractivity contribution is -0.137. The van der Waals surface area contributed by atoms with E-state index in [0.29, 0.717) is 30.5 Å². The first-order valence-corrected chi connectivity index (χ1v) is 10.7. The van der Waals surface area contributed by atoms with Gasteiger partial charge in [-0.3, -0.25) is 14.3 Å². The Kier molecular flexibility index (Phi) is 5.18. The summed E-state index contributed by atoms with van der Waals surface area (Å²) in [5.74, 6) is -2.36. The van der Waals surface area contributed by atoms with Crippen LogP contribution in [0.1, 0.15) is 52.0 Å². The minimum atomic E-state index is -4.51. The largest absolute Gasteiger partial charge is 0.502 e. The first-order valence-electron chi connectivity index (χ1n) is 10.7. The van der Waals surface area contributed by atoms with Gasteiger partial charge in [0, 0.05) is 12.5 Å². The van der Waals surface area contributed by atoms with Gasteiger partial charge in [0.2, 0.25) is 5.43 Å². The van der Waals surface area contributed by atoms with Crippen LogP contribution in [-0.4, -0.2) is 38.3 Å². The van der Waals surface area contributed by atoms with E-state index in [0.717, 1.165) is 18.3 Å². The number of aromatic hydroxyl groups is 1. The lowest BCUT2D eigenvalue weighted by Gasteiger charge is -2.42. The van der Waals surface area contributed by atoms with Crippen LogP contribution in [0.2, 0.25) is 0 Å². The molecule has 2 aliphatic heterocycles. The van der Waals surface area contributed by atoms with E-state index in [1.54, 1.807) is 4.90 Å². The predicted octanol–water partition coefficient (Wildman–Crippen LogP) is 4.10. The SMILES string of the molecule is O=C1c2c(O)c(=O)cnn2[C@@H]([C@H](c2ccc(F)cc2)c2ccc(C(F)(F)F)cc2)[C@H]2CCCN12. The van der Waals surface area contributed by atoms with Gasteiger partial charge in [-0.25, -0.2) is 4.39 Å². The number of rotatable bonds is 3. The Bertz CT molecular complexity index is 1300. The Labute approximate surface area is 191 Å². The molecule has 3 aromatic rings. The zero-order valence-corrected chi connectivity index (χ0v) is 17.7. The van der Waals surface area contributed by atoms with Crippen molar-refractivity contribution in [2.45, 2.75) is 37.0 Å². The molecule has 3 atom stereocenters. The quantitative estimate of drug-likeness (QED) is 0.582. The summed E-state index contributed by atoms with van der Waals surface area (Å²) in [6.45, 7) is 0.408. The van der Waals surface area contributed by atoms with Gasteiger partial charge in [0.1, 0.15) is 5.82 Å². The highest BCUT2D eigenvalue weighted by molar-refractivity contribution is 5.96. The van der Waals surface area contributed by atoms with E-state index in [2.05, 4.69) is 5.10 Å².